The Morgan fingerprint density at radius 2 is 2.31 bits per heavy atom. The van der Waals surface area contributed by atoms with Gasteiger partial charge in [-0.1, -0.05) is 0 Å². The highest BCUT2D eigenvalue weighted by Gasteiger charge is 2.25. The van der Waals surface area contributed by atoms with Crippen LogP contribution < -0.4 is 16.4 Å². The van der Waals surface area contributed by atoms with Gasteiger partial charge in [0, 0.05) is 12.2 Å². The fraction of sp³-hybridized carbons (Fsp3) is 0.455. The summed E-state index contributed by atoms with van der Waals surface area (Å²) in [5, 5.41) is 6.00. The van der Waals surface area contributed by atoms with E-state index < -0.39 is 0 Å². The Bertz CT molecular complexity index is 389. The first-order valence-corrected chi connectivity index (χ1v) is 5.42. The van der Waals surface area contributed by atoms with Crippen LogP contribution >= 0.6 is 0 Å². The smallest absolute Gasteiger partial charge is 0.242 e. The summed E-state index contributed by atoms with van der Waals surface area (Å²) < 4.78 is 0. The Hall–Kier alpha value is -1.78. The molecule has 1 aliphatic carbocycles. The van der Waals surface area contributed by atoms with Crippen molar-refractivity contribution in [3.63, 3.8) is 0 Å². The molecule has 1 aromatic heterocycles. The van der Waals surface area contributed by atoms with Crippen molar-refractivity contribution in [3.8, 4) is 0 Å². The van der Waals surface area contributed by atoms with Gasteiger partial charge in [-0.3, -0.25) is 9.78 Å². The van der Waals surface area contributed by atoms with Gasteiger partial charge in [-0.2, -0.15) is 0 Å². The molecule has 1 unspecified atom stereocenters. The maximum Gasteiger partial charge on any atom is 0.242 e. The van der Waals surface area contributed by atoms with E-state index in [1.54, 1.807) is 18.5 Å². The molecular formula is C11H16N4O. The maximum atomic E-state index is 11.7. The van der Waals surface area contributed by atoms with E-state index in [4.69, 9.17) is 5.73 Å². The van der Waals surface area contributed by atoms with Crippen molar-refractivity contribution in [2.45, 2.75) is 31.8 Å². The highest BCUT2D eigenvalue weighted by atomic mass is 16.2. The predicted molar refractivity (Wildman–Crippen MR) is 62.9 cm³/mol. The monoisotopic (exact) mass is 220 g/mol. The summed E-state index contributed by atoms with van der Waals surface area (Å²) in [5.74, 6) is 0.0184. The second-order valence-electron chi connectivity index (χ2n) is 4.16. The van der Waals surface area contributed by atoms with Gasteiger partial charge in [0.1, 0.15) is 6.04 Å². The fourth-order valence-electron chi connectivity index (χ4n) is 1.41. The van der Waals surface area contributed by atoms with E-state index in [9.17, 15) is 4.79 Å². The van der Waals surface area contributed by atoms with E-state index in [1.165, 1.54) is 0 Å². The van der Waals surface area contributed by atoms with Crippen molar-refractivity contribution >= 4 is 17.3 Å². The van der Waals surface area contributed by atoms with Gasteiger partial charge in [-0.25, -0.2) is 0 Å². The Balaban J connectivity index is 1.90. The third kappa shape index (κ3) is 2.85. The van der Waals surface area contributed by atoms with Crippen molar-refractivity contribution < 1.29 is 4.79 Å². The standard InChI is InChI=1S/C11H16N4O/c1-7(11(16)15-9-2-3-9)14-10-4-8(12)5-13-6-10/h4-7,9,14H,2-3,12H2,1H3,(H,15,16). The minimum Gasteiger partial charge on any atom is -0.397 e. The lowest BCUT2D eigenvalue weighted by atomic mass is 10.3. The summed E-state index contributed by atoms with van der Waals surface area (Å²) in [5.41, 5.74) is 6.94. The highest BCUT2D eigenvalue weighted by molar-refractivity contribution is 5.84. The van der Waals surface area contributed by atoms with Gasteiger partial charge in [0.05, 0.1) is 17.6 Å². The predicted octanol–water partition coefficient (Wildman–Crippen LogP) is 0.743. The number of hydrogen-bond acceptors (Lipinski definition) is 4. The molecule has 2 rings (SSSR count). The molecule has 1 fully saturated rings. The first-order chi connectivity index (χ1) is 7.65. The van der Waals surface area contributed by atoms with E-state index in [0.717, 1.165) is 18.5 Å². The number of carbonyl (C=O) groups excluding carboxylic acids is 1. The molecule has 0 radical (unpaired) electrons. The molecule has 1 aliphatic rings. The molecule has 1 aromatic rings. The topological polar surface area (TPSA) is 80.0 Å². The van der Waals surface area contributed by atoms with E-state index in [0.29, 0.717) is 11.7 Å². The summed E-state index contributed by atoms with van der Waals surface area (Å²) in [7, 11) is 0. The number of pyridine rings is 1. The van der Waals surface area contributed by atoms with Crippen LogP contribution in [0.25, 0.3) is 0 Å². The number of nitrogen functional groups attached to an aromatic ring is 1. The van der Waals surface area contributed by atoms with Crippen LogP contribution in [-0.4, -0.2) is 23.0 Å². The SMILES string of the molecule is CC(Nc1cncc(N)c1)C(=O)NC1CC1. The quantitative estimate of drug-likeness (QED) is 0.699. The summed E-state index contributed by atoms with van der Waals surface area (Å²) in [6.45, 7) is 1.82. The average molecular weight is 220 g/mol. The van der Waals surface area contributed by atoms with Crippen LogP contribution in [0.4, 0.5) is 11.4 Å². The number of aromatic nitrogens is 1. The number of rotatable bonds is 4. The van der Waals surface area contributed by atoms with E-state index in [2.05, 4.69) is 15.6 Å². The van der Waals surface area contributed by atoms with Crippen molar-refractivity contribution in [1.82, 2.24) is 10.3 Å². The summed E-state index contributed by atoms with van der Waals surface area (Å²) in [6.07, 6.45) is 5.41. The van der Waals surface area contributed by atoms with Crippen LogP contribution in [-0.2, 0) is 4.79 Å². The van der Waals surface area contributed by atoms with E-state index >= 15 is 0 Å². The molecule has 1 amide bonds. The molecule has 16 heavy (non-hydrogen) atoms. The van der Waals surface area contributed by atoms with Crippen LogP contribution in [0.5, 0.6) is 0 Å². The van der Waals surface area contributed by atoms with Gasteiger partial charge in [0.15, 0.2) is 0 Å². The Labute approximate surface area is 94.4 Å². The molecule has 1 saturated carbocycles. The van der Waals surface area contributed by atoms with Crippen LogP contribution in [0.3, 0.4) is 0 Å². The van der Waals surface area contributed by atoms with Gasteiger partial charge in [-0.15, -0.1) is 0 Å². The lowest BCUT2D eigenvalue weighted by Gasteiger charge is -2.14. The number of amides is 1. The minimum absolute atomic E-state index is 0.0184. The Kier molecular flexibility index (Phi) is 2.94. The first-order valence-electron chi connectivity index (χ1n) is 5.42. The molecule has 0 saturated heterocycles. The zero-order valence-electron chi connectivity index (χ0n) is 9.23. The van der Waals surface area contributed by atoms with Crippen molar-refractivity contribution in [2.75, 3.05) is 11.1 Å². The van der Waals surface area contributed by atoms with Gasteiger partial charge in [0.25, 0.3) is 0 Å². The maximum absolute atomic E-state index is 11.7. The molecule has 0 spiro atoms. The zero-order chi connectivity index (χ0) is 11.5. The summed E-state index contributed by atoms with van der Waals surface area (Å²) >= 11 is 0. The molecule has 0 aliphatic heterocycles. The molecule has 5 heteroatoms. The van der Waals surface area contributed by atoms with Crippen molar-refractivity contribution in [2.24, 2.45) is 0 Å². The largest absolute Gasteiger partial charge is 0.397 e. The van der Waals surface area contributed by atoms with Gasteiger partial charge in [0.2, 0.25) is 5.91 Å². The van der Waals surface area contributed by atoms with Crippen LogP contribution in [0.15, 0.2) is 18.5 Å². The first kappa shape index (κ1) is 10.7. The normalized spacial score (nSPS) is 16.6. The molecule has 4 N–H and O–H groups in total. The second-order valence-corrected chi connectivity index (χ2v) is 4.16. The molecular weight excluding hydrogens is 204 g/mol. The number of hydrogen-bond donors (Lipinski definition) is 3. The molecule has 86 valence electrons. The van der Waals surface area contributed by atoms with Crippen LogP contribution in [0, 0.1) is 0 Å². The van der Waals surface area contributed by atoms with Gasteiger partial charge < -0.3 is 16.4 Å². The summed E-state index contributed by atoms with van der Waals surface area (Å²) in [4.78, 5) is 15.6. The van der Waals surface area contributed by atoms with Crippen molar-refractivity contribution in [1.29, 1.82) is 0 Å². The average Bonchev–Trinajstić information content (AvgIpc) is 3.01. The molecule has 1 atom stereocenters. The Morgan fingerprint density at radius 1 is 1.56 bits per heavy atom. The lowest BCUT2D eigenvalue weighted by Crippen LogP contribution is -2.38. The third-order valence-electron chi connectivity index (χ3n) is 2.46. The molecule has 0 bridgehead atoms. The number of nitrogens with one attached hydrogen (secondary N) is 2. The van der Waals surface area contributed by atoms with Gasteiger partial charge >= 0.3 is 0 Å². The highest BCUT2D eigenvalue weighted by Crippen LogP contribution is 2.19. The Morgan fingerprint density at radius 3 is 2.94 bits per heavy atom. The molecule has 1 heterocycles. The summed E-state index contributed by atoms with van der Waals surface area (Å²) in [6, 6.07) is 1.87. The van der Waals surface area contributed by atoms with E-state index in [1.807, 2.05) is 6.92 Å². The van der Waals surface area contributed by atoms with Crippen LogP contribution in [0.2, 0.25) is 0 Å². The third-order valence-corrected chi connectivity index (χ3v) is 2.46. The number of anilines is 2. The molecule has 5 nitrogen and oxygen atoms in total. The number of nitrogens with zero attached hydrogens (tertiary/aromatic N) is 1. The second kappa shape index (κ2) is 4.38. The van der Waals surface area contributed by atoms with Gasteiger partial charge in [-0.05, 0) is 25.8 Å². The molecule has 0 aromatic carbocycles. The zero-order valence-corrected chi connectivity index (χ0v) is 9.23. The van der Waals surface area contributed by atoms with Crippen LogP contribution in [0.1, 0.15) is 19.8 Å². The van der Waals surface area contributed by atoms with E-state index in [-0.39, 0.29) is 11.9 Å². The van der Waals surface area contributed by atoms with Crippen molar-refractivity contribution in [3.05, 3.63) is 18.5 Å². The lowest BCUT2D eigenvalue weighted by molar-refractivity contribution is -0.121. The minimum atomic E-state index is -0.274. The number of carbonyl (C=O) groups is 1. The fourth-order valence-corrected chi connectivity index (χ4v) is 1.41. The number of nitrogens with two attached hydrogens (primary N) is 1.